The first kappa shape index (κ1) is 44.9. The quantitative estimate of drug-likeness (QED) is 0.0926. The van der Waals surface area contributed by atoms with Crippen LogP contribution in [0.25, 0.3) is 34.2 Å². The number of rotatable bonds is 15. The topological polar surface area (TPSA) is 118 Å². The molecule has 0 saturated carbocycles. The Morgan fingerprint density at radius 3 is 0.652 bits per heavy atom. The molecule has 0 atom stereocenters. The Hall–Kier alpha value is -7.92. The van der Waals surface area contributed by atoms with Crippen molar-refractivity contribution in [1.29, 1.82) is 0 Å². The van der Waals surface area contributed by atoms with Gasteiger partial charge in [0, 0.05) is 16.7 Å². The molecule has 0 spiro atoms. The highest BCUT2D eigenvalue weighted by Crippen LogP contribution is 2.48. The summed E-state index contributed by atoms with van der Waals surface area (Å²) in [5.74, 6) is 1.87. The Labute approximate surface area is 400 Å². The van der Waals surface area contributed by atoms with Gasteiger partial charge in [0.2, 0.25) is 0 Å². The fourth-order valence-corrected chi connectivity index (χ4v) is 13.9. The fourth-order valence-electron chi connectivity index (χ4n) is 7.79. The summed E-state index contributed by atoms with van der Waals surface area (Å²) in [5.41, 5.74) is 1.67. The minimum absolute atomic E-state index is 0.283. The van der Waals surface area contributed by atoms with Crippen LogP contribution in [-0.4, -0.2) is 15.0 Å². The minimum Gasteiger partial charge on any atom is -0.437 e. The maximum absolute atomic E-state index is 15.0. The van der Waals surface area contributed by atoms with E-state index >= 15 is 13.7 Å². The molecule has 336 valence electrons. The highest BCUT2D eigenvalue weighted by Gasteiger charge is 2.33. The van der Waals surface area contributed by atoms with Crippen molar-refractivity contribution in [2.45, 2.75) is 0 Å². The molecule has 0 saturated heterocycles. The van der Waals surface area contributed by atoms with E-state index in [0.717, 1.165) is 0 Å². The van der Waals surface area contributed by atoms with Gasteiger partial charge in [-0.2, -0.15) is 0 Å². The molecule has 10 aromatic rings. The number of hydrogen-bond donors (Lipinski definition) is 0. The van der Waals surface area contributed by atoms with E-state index in [-0.39, 0.29) is 17.5 Å². The molecule has 0 fully saturated rings. The zero-order valence-corrected chi connectivity index (χ0v) is 39.6. The molecule has 0 amide bonds. The van der Waals surface area contributed by atoms with Crippen molar-refractivity contribution >= 4 is 53.9 Å². The van der Waals surface area contributed by atoms with E-state index in [1.54, 1.807) is 127 Å². The molecule has 0 aliphatic carbocycles. The summed E-state index contributed by atoms with van der Waals surface area (Å²) >= 11 is 0. The molecule has 0 aliphatic heterocycles. The van der Waals surface area contributed by atoms with Crippen LogP contribution in [0.2, 0.25) is 0 Å². The van der Waals surface area contributed by atoms with Crippen molar-refractivity contribution in [3.05, 3.63) is 255 Å². The van der Waals surface area contributed by atoms with Crippen LogP contribution in [0.1, 0.15) is 0 Å². The minimum atomic E-state index is -3.63. The maximum atomic E-state index is 15.0. The normalized spacial score (nSPS) is 11.7. The fraction of sp³-hybridized carbons (Fsp3) is 0. The Kier molecular flexibility index (Phi) is 12.8. The SMILES string of the molecule is O=P(Oc1cccc(-c2nc(-c3cccc(OP(=O)(c4ccccc4)c4ccccc4)c3)nc(-c3cccc(OP(=O)(c4ccccc4)c4ccccc4)c3)n2)c1)(c1ccccc1)c1ccccc1. The van der Waals surface area contributed by atoms with Crippen molar-refractivity contribution in [2.75, 3.05) is 0 Å². The summed E-state index contributed by atoms with van der Waals surface area (Å²) in [6.45, 7) is 0. The van der Waals surface area contributed by atoms with Crippen LogP contribution >= 0.6 is 22.1 Å². The van der Waals surface area contributed by atoms with Gasteiger partial charge in [-0.05, 0) is 109 Å². The van der Waals surface area contributed by atoms with Gasteiger partial charge in [-0.25, -0.2) is 15.0 Å². The summed E-state index contributed by atoms with van der Waals surface area (Å²) in [6, 6.07) is 76.3. The number of nitrogens with zero attached hydrogens (tertiary/aromatic N) is 3. The first-order valence-electron chi connectivity index (χ1n) is 22.1. The third-order valence-electron chi connectivity index (χ3n) is 11.2. The molecular formula is C57H42N3O6P3. The Morgan fingerprint density at radius 1 is 0.246 bits per heavy atom. The summed E-state index contributed by atoms with van der Waals surface area (Å²) in [7, 11) is -10.9. The molecule has 0 bridgehead atoms. The highest BCUT2D eigenvalue weighted by molar-refractivity contribution is 7.75. The summed E-state index contributed by atoms with van der Waals surface area (Å²) in [6.07, 6.45) is 0. The molecule has 0 unspecified atom stereocenters. The van der Waals surface area contributed by atoms with Crippen LogP contribution in [0.3, 0.4) is 0 Å². The van der Waals surface area contributed by atoms with Crippen LogP contribution in [0.5, 0.6) is 17.2 Å². The Morgan fingerprint density at radius 2 is 0.449 bits per heavy atom. The zero-order chi connectivity index (χ0) is 47.1. The van der Waals surface area contributed by atoms with Gasteiger partial charge in [0.1, 0.15) is 17.2 Å². The second-order valence-electron chi connectivity index (χ2n) is 15.8. The lowest BCUT2D eigenvalue weighted by Crippen LogP contribution is -2.20. The second-order valence-corrected chi connectivity index (χ2v) is 22.8. The second kappa shape index (κ2) is 19.7. The number of aromatic nitrogens is 3. The average molecular weight is 958 g/mol. The predicted octanol–water partition coefficient (Wildman–Crippen LogP) is 11.8. The van der Waals surface area contributed by atoms with Crippen LogP contribution in [0.15, 0.2) is 255 Å². The first-order chi connectivity index (χ1) is 33.8. The molecule has 1 heterocycles. The monoisotopic (exact) mass is 957 g/mol. The molecule has 9 aromatic carbocycles. The smallest absolute Gasteiger partial charge is 0.306 e. The maximum Gasteiger partial charge on any atom is 0.306 e. The molecule has 0 N–H and O–H groups in total. The van der Waals surface area contributed by atoms with Crippen molar-refractivity contribution < 1.29 is 27.3 Å². The first-order valence-corrected chi connectivity index (χ1v) is 26.9. The van der Waals surface area contributed by atoms with Gasteiger partial charge in [-0.15, -0.1) is 0 Å². The van der Waals surface area contributed by atoms with E-state index in [1.165, 1.54) is 0 Å². The number of benzene rings is 9. The van der Waals surface area contributed by atoms with Crippen molar-refractivity contribution in [3.63, 3.8) is 0 Å². The molecule has 12 heteroatoms. The third-order valence-corrected chi connectivity index (χ3v) is 18.5. The van der Waals surface area contributed by atoms with Gasteiger partial charge < -0.3 is 13.6 Å². The predicted molar refractivity (Wildman–Crippen MR) is 277 cm³/mol. The lowest BCUT2D eigenvalue weighted by molar-refractivity contribution is 0.501. The summed E-state index contributed by atoms with van der Waals surface area (Å²) in [5, 5.41) is 3.27. The zero-order valence-electron chi connectivity index (χ0n) is 36.9. The summed E-state index contributed by atoms with van der Waals surface area (Å²) < 4.78 is 64.6. The lowest BCUT2D eigenvalue weighted by atomic mass is 10.1. The highest BCUT2D eigenvalue weighted by atomic mass is 31.2. The molecular weight excluding hydrogens is 916 g/mol. The van der Waals surface area contributed by atoms with Gasteiger partial charge >= 0.3 is 22.1 Å². The largest absolute Gasteiger partial charge is 0.437 e. The van der Waals surface area contributed by atoms with E-state index in [9.17, 15) is 0 Å². The van der Waals surface area contributed by atoms with Gasteiger partial charge in [0.25, 0.3) is 0 Å². The molecule has 9 nitrogen and oxygen atoms in total. The molecule has 0 radical (unpaired) electrons. The van der Waals surface area contributed by atoms with Crippen LogP contribution in [0.4, 0.5) is 0 Å². The number of hydrogen-bond acceptors (Lipinski definition) is 9. The average Bonchev–Trinajstić information content (AvgIpc) is 3.42. The van der Waals surface area contributed by atoms with Gasteiger partial charge in [-0.3, -0.25) is 13.7 Å². The third kappa shape index (κ3) is 9.63. The molecule has 10 rings (SSSR count). The van der Waals surface area contributed by atoms with Crippen LogP contribution in [-0.2, 0) is 13.7 Å². The molecule has 1 aromatic heterocycles. The van der Waals surface area contributed by atoms with E-state index in [4.69, 9.17) is 28.5 Å². The van der Waals surface area contributed by atoms with E-state index in [0.29, 0.717) is 65.8 Å². The van der Waals surface area contributed by atoms with E-state index < -0.39 is 22.1 Å². The van der Waals surface area contributed by atoms with Crippen LogP contribution < -0.4 is 45.4 Å². The van der Waals surface area contributed by atoms with E-state index in [2.05, 4.69) is 0 Å². The summed E-state index contributed by atoms with van der Waals surface area (Å²) in [4.78, 5) is 15.1. The lowest BCUT2D eigenvalue weighted by Gasteiger charge is -2.21. The van der Waals surface area contributed by atoms with Crippen molar-refractivity contribution in [3.8, 4) is 51.4 Å². The van der Waals surface area contributed by atoms with Crippen LogP contribution in [0, 0.1) is 0 Å². The Balaban J connectivity index is 1.08. The Bertz CT molecular complexity index is 3000. The van der Waals surface area contributed by atoms with Gasteiger partial charge in [0.15, 0.2) is 17.5 Å². The van der Waals surface area contributed by atoms with Gasteiger partial charge in [0.05, 0.1) is 31.8 Å². The molecule has 69 heavy (non-hydrogen) atoms. The standard InChI is InChI=1S/C57H42N3O6P3/c61-67(49-28-7-1-8-29-49,50-30-9-2-10-31-50)64-46-25-19-22-43(40-46)55-58-56(44-23-20-26-47(41-44)65-68(62,51-32-11-3-12-33-51)52-34-13-4-14-35-52)60-57(59-55)45-24-21-27-48(42-45)66-69(63,53-36-15-5-16-37-53)54-38-17-6-18-39-54/h1-42H. The van der Waals surface area contributed by atoms with Crippen molar-refractivity contribution in [2.24, 2.45) is 0 Å². The van der Waals surface area contributed by atoms with E-state index in [1.807, 2.05) is 127 Å². The van der Waals surface area contributed by atoms with Crippen molar-refractivity contribution in [1.82, 2.24) is 15.0 Å². The molecule has 0 aliphatic rings. The van der Waals surface area contributed by atoms with Gasteiger partial charge in [-0.1, -0.05) is 146 Å².